The lowest BCUT2D eigenvalue weighted by molar-refractivity contribution is -0.132. The zero-order valence-electron chi connectivity index (χ0n) is 20.2. The van der Waals surface area contributed by atoms with Gasteiger partial charge in [0.1, 0.15) is 6.54 Å². The SMILES string of the molecule is CCCCN(Cc1cccn1C)C(=O)CN(CCCOC)C(=O)Nc1c(C)cccc1C. The molecule has 32 heavy (non-hydrogen) atoms. The molecule has 0 aliphatic rings. The molecule has 0 spiro atoms. The number of hydrogen-bond donors (Lipinski definition) is 1. The quantitative estimate of drug-likeness (QED) is 0.497. The number of aromatic nitrogens is 1. The third kappa shape index (κ3) is 7.41. The fraction of sp³-hybridized carbons (Fsp3) is 0.520. The first-order valence-electron chi connectivity index (χ1n) is 11.4. The molecule has 2 rings (SSSR count). The van der Waals surface area contributed by atoms with Gasteiger partial charge in [-0.05, 0) is 49.9 Å². The monoisotopic (exact) mass is 442 g/mol. The molecule has 0 saturated heterocycles. The van der Waals surface area contributed by atoms with E-state index in [2.05, 4.69) is 12.2 Å². The van der Waals surface area contributed by atoms with Crippen molar-refractivity contribution in [1.82, 2.24) is 14.4 Å². The highest BCUT2D eigenvalue weighted by Gasteiger charge is 2.22. The van der Waals surface area contributed by atoms with Gasteiger partial charge in [0.15, 0.2) is 0 Å². The van der Waals surface area contributed by atoms with Gasteiger partial charge in [-0.2, -0.15) is 0 Å². The molecule has 0 unspecified atom stereocenters. The zero-order chi connectivity index (χ0) is 23.5. The van der Waals surface area contributed by atoms with E-state index >= 15 is 0 Å². The number of unbranched alkanes of at least 4 members (excludes halogenated alkanes) is 1. The molecule has 0 atom stereocenters. The maximum atomic E-state index is 13.3. The first kappa shape index (κ1) is 25.5. The molecule has 1 N–H and O–H groups in total. The molecular weight excluding hydrogens is 404 g/mol. The molecule has 0 saturated carbocycles. The molecular formula is C25H38N4O3. The Bertz CT molecular complexity index is 858. The van der Waals surface area contributed by atoms with Gasteiger partial charge in [-0.15, -0.1) is 0 Å². The fourth-order valence-corrected chi connectivity index (χ4v) is 3.61. The molecule has 0 fully saturated rings. The van der Waals surface area contributed by atoms with Crippen LogP contribution in [0.25, 0.3) is 0 Å². The minimum atomic E-state index is -0.263. The van der Waals surface area contributed by atoms with Crippen molar-refractivity contribution >= 4 is 17.6 Å². The van der Waals surface area contributed by atoms with Crippen LogP contribution in [-0.4, -0.2) is 59.7 Å². The third-order valence-electron chi connectivity index (χ3n) is 5.64. The highest BCUT2D eigenvalue weighted by atomic mass is 16.5. The summed E-state index contributed by atoms with van der Waals surface area (Å²) >= 11 is 0. The predicted molar refractivity (Wildman–Crippen MR) is 129 cm³/mol. The molecule has 1 aromatic carbocycles. The molecule has 0 aliphatic carbocycles. The highest BCUT2D eigenvalue weighted by molar-refractivity contribution is 5.93. The predicted octanol–water partition coefficient (Wildman–Crippen LogP) is 4.34. The van der Waals surface area contributed by atoms with E-state index in [0.717, 1.165) is 35.3 Å². The second kappa shape index (κ2) is 12.9. The van der Waals surface area contributed by atoms with Gasteiger partial charge in [0.25, 0.3) is 0 Å². The Morgan fingerprint density at radius 1 is 1.03 bits per heavy atom. The van der Waals surface area contributed by atoms with E-state index in [9.17, 15) is 9.59 Å². The average Bonchev–Trinajstić information content (AvgIpc) is 3.17. The highest BCUT2D eigenvalue weighted by Crippen LogP contribution is 2.20. The van der Waals surface area contributed by atoms with E-state index in [1.54, 1.807) is 12.0 Å². The number of anilines is 1. The van der Waals surface area contributed by atoms with E-state index in [1.165, 1.54) is 0 Å². The van der Waals surface area contributed by atoms with Gasteiger partial charge < -0.3 is 24.4 Å². The molecule has 7 nitrogen and oxygen atoms in total. The van der Waals surface area contributed by atoms with Crippen LogP contribution < -0.4 is 5.32 Å². The largest absolute Gasteiger partial charge is 0.385 e. The van der Waals surface area contributed by atoms with Crippen molar-refractivity contribution in [3.05, 3.63) is 53.3 Å². The topological polar surface area (TPSA) is 66.8 Å². The molecule has 3 amide bonds. The molecule has 2 aromatic rings. The third-order valence-corrected chi connectivity index (χ3v) is 5.64. The van der Waals surface area contributed by atoms with E-state index in [0.29, 0.717) is 32.7 Å². The maximum absolute atomic E-state index is 13.3. The maximum Gasteiger partial charge on any atom is 0.322 e. The van der Waals surface area contributed by atoms with Crippen LogP contribution in [0, 0.1) is 13.8 Å². The number of carbonyl (C=O) groups excluding carboxylic acids is 2. The molecule has 7 heteroatoms. The average molecular weight is 443 g/mol. The number of methoxy groups -OCH3 is 1. The van der Waals surface area contributed by atoms with Crippen LogP contribution in [0.5, 0.6) is 0 Å². The van der Waals surface area contributed by atoms with E-state index in [-0.39, 0.29) is 18.5 Å². The Morgan fingerprint density at radius 3 is 2.31 bits per heavy atom. The number of benzene rings is 1. The van der Waals surface area contributed by atoms with Gasteiger partial charge in [0.2, 0.25) is 5.91 Å². The van der Waals surface area contributed by atoms with Crippen molar-refractivity contribution in [2.24, 2.45) is 7.05 Å². The summed E-state index contributed by atoms with van der Waals surface area (Å²) in [5.74, 6) is -0.0475. The van der Waals surface area contributed by atoms with E-state index in [1.807, 2.05) is 66.9 Å². The van der Waals surface area contributed by atoms with E-state index in [4.69, 9.17) is 4.74 Å². The van der Waals surface area contributed by atoms with Crippen LogP contribution in [0.4, 0.5) is 10.5 Å². The van der Waals surface area contributed by atoms with Gasteiger partial charge in [-0.25, -0.2) is 4.79 Å². The zero-order valence-corrected chi connectivity index (χ0v) is 20.2. The smallest absolute Gasteiger partial charge is 0.322 e. The van der Waals surface area contributed by atoms with Crippen LogP contribution in [0.3, 0.4) is 0 Å². The van der Waals surface area contributed by atoms with Crippen molar-refractivity contribution < 1.29 is 14.3 Å². The van der Waals surface area contributed by atoms with Crippen molar-refractivity contribution in [1.29, 1.82) is 0 Å². The number of amides is 3. The minimum absolute atomic E-state index is 0.0363. The van der Waals surface area contributed by atoms with Crippen LogP contribution in [0.1, 0.15) is 43.0 Å². The molecule has 0 radical (unpaired) electrons. The van der Waals surface area contributed by atoms with Gasteiger partial charge in [-0.1, -0.05) is 31.5 Å². The van der Waals surface area contributed by atoms with Gasteiger partial charge in [0.05, 0.1) is 6.54 Å². The van der Waals surface area contributed by atoms with Crippen LogP contribution in [0.15, 0.2) is 36.5 Å². The number of hydrogen-bond acceptors (Lipinski definition) is 3. The molecule has 1 aromatic heterocycles. The minimum Gasteiger partial charge on any atom is -0.385 e. The summed E-state index contributed by atoms with van der Waals surface area (Å²) in [6.45, 7) is 8.27. The Morgan fingerprint density at radius 2 is 1.72 bits per heavy atom. The lowest BCUT2D eigenvalue weighted by Crippen LogP contribution is -2.45. The number of rotatable bonds is 12. The number of urea groups is 1. The second-order valence-electron chi connectivity index (χ2n) is 8.24. The summed E-state index contributed by atoms with van der Waals surface area (Å²) in [6, 6.07) is 9.64. The number of nitrogens with zero attached hydrogens (tertiary/aromatic N) is 3. The Kier molecular flexibility index (Phi) is 10.3. The second-order valence-corrected chi connectivity index (χ2v) is 8.24. The lowest BCUT2D eigenvalue weighted by Gasteiger charge is -2.28. The van der Waals surface area contributed by atoms with Crippen LogP contribution >= 0.6 is 0 Å². The van der Waals surface area contributed by atoms with Gasteiger partial charge in [-0.3, -0.25) is 4.79 Å². The van der Waals surface area contributed by atoms with Crippen molar-refractivity contribution in [3.63, 3.8) is 0 Å². The molecule has 0 bridgehead atoms. The Balaban J connectivity index is 2.15. The Hall–Kier alpha value is -2.80. The number of carbonyl (C=O) groups is 2. The number of para-hydroxylation sites is 1. The molecule has 176 valence electrons. The van der Waals surface area contributed by atoms with Gasteiger partial charge >= 0.3 is 6.03 Å². The first-order chi connectivity index (χ1) is 15.4. The molecule has 0 aliphatic heterocycles. The summed E-state index contributed by atoms with van der Waals surface area (Å²) in [4.78, 5) is 29.9. The normalized spacial score (nSPS) is 10.8. The Labute approximate surface area is 192 Å². The van der Waals surface area contributed by atoms with Crippen LogP contribution in [-0.2, 0) is 23.1 Å². The summed E-state index contributed by atoms with van der Waals surface area (Å²) in [6.07, 6.45) is 4.57. The fourth-order valence-electron chi connectivity index (χ4n) is 3.61. The summed E-state index contributed by atoms with van der Waals surface area (Å²) in [7, 11) is 3.62. The number of ether oxygens (including phenoxy) is 1. The number of nitrogens with one attached hydrogen (secondary N) is 1. The summed E-state index contributed by atoms with van der Waals surface area (Å²) < 4.78 is 7.18. The first-order valence-corrected chi connectivity index (χ1v) is 11.4. The van der Waals surface area contributed by atoms with Crippen molar-refractivity contribution in [2.75, 3.05) is 38.7 Å². The summed E-state index contributed by atoms with van der Waals surface area (Å²) in [5.41, 5.74) is 3.86. The van der Waals surface area contributed by atoms with E-state index < -0.39 is 0 Å². The van der Waals surface area contributed by atoms with Crippen molar-refractivity contribution in [2.45, 2.75) is 46.6 Å². The lowest BCUT2D eigenvalue weighted by atomic mass is 10.1. The van der Waals surface area contributed by atoms with Crippen molar-refractivity contribution in [3.8, 4) is 0 Å². The number of aryl methyl sites for hydroxylation is 3. The van der Waals surface area contributed by atoms with Crippen LogP contribution in [0.2, 0.25) is 0 Å². The standard InChI is InChI=1S/C25H38N4O3/c1-6-7-15-28(18-22-13-9-14-27(22)4)23(30)19-29(16-10-17-32-5)25(31)26-24-20(2)11-8-12-21(24)3/h8-9,11-14H,6-7,10,15-19H2,1-5H3,(H,26,31). The van der Waals surface area contributed by atoms with Gasteiger partial charge in [0, 0.05) is 51.4 Å². The molecule has 1 heterocycles. The summed E-state index contributed by atoms with van der Waals surface area (Å²) in [5, 5.41) is 3.02.